The lowest BCUT2D eigenvalue weighted by molar-refractivity contribution is -0.123. The molecule has 0 unspecified atom stereocenters. The SMILES string of the molecule is O=C(COc1cccc(NC(=O)C2CC2)c1)NCCNC(=O)c1ccccc1. The second kappa shape index (κ2) is 9.55. The van der Waals surface area contributed by atoms with Crippen molar-refractivity contribution in [1.29, 1.82) is 0 Å². The van der Waals surface area contributed by atoms with E-state index in [1.165, 1.54) is 0 Å². The van der Waals surface area contributed by atoms with Gasteiger partial charge < -0.3 is 20.7 Å². The van der Waals surface area contributed by atoms with E-state index in [-0.39, 0.29) is 30.2 Å². The summed E-state index contributed by atoms with van der Waals surface area (Å²) < 4.78 is 5.46. The van der Waals surface area contributed by atoms with E-state index in [1.807, 2.05) is 6.07 Å². The highest BCUT2D eigenvalue weighted by Gasteiger charge is 2.29. The molecule has 3 N–H and O–H groups in total. The first kappa shape index (κ1) is 19.4. The van der Waals surface area contributed by atoms with E-state index in [4.69, 9.17) is 4.74 Å². The first-order valence-corrected chi connectivity index (χ1v) is 9.25. The third kappa shape index (κ3) is 6.12. The second-order valence-corrected chi connectivity index (χ2v) is 6.55. The van der Waals surface area contributed by atoms with Gasteiger partial charge in [-0.3, -0.25) is 14.4 Å². The lowest BCUT2D eigenvalue weighted by Crippen LogP contribution is -2.36. The van der Waals surface area contributed by atoms with E-state index in [1.54, 1.807) is 48.5 Å². The Bertz CT molecular complexity index is 835. The largest absolute Gasteiger partial charge is 0.484 e. The van der Waals surface area contributed by atoms with Crippen molar-refractivity contribution in [1.82, 2.24) is 10.6 Å². The molecule has 7 nitrogen and oxygen atoms in total. The average molecular weight is 381 g/mol. The Kier molecular flexibility index (Phi) is 6.62. The highest BCUT2D eigenvalue weighted by molar-refractivity contribution is 5.94. The molecular formula is C21H23N3O4. The smallest absolute Gasteiger partial charge is 0.258 e. The van der Waals surface area contributed by atoms with Gasteiger partial charge in [-0.25, -0.2) is 0 Å². The van der Waals surface area contributed by atoms with Crippen LogP contribution in [-0.4, -0.2) is 37.4 Å². The normalized spacial score (nSPS) is 12.7. The van der Waals surface area contributed by atoms with Crippen LogP contribution in [-0.2, 0) is 9.59 Å². The summed E-state index contributed by atoms with van der Waals surface area (Å²) >= 11 is 0. The summed E-state index contributed by atoms with van der Waals surface area (Å²) in [5, 5.41) is 8.25. The molecule has 1 aliphatic carbocycles. The van der Waals surface area contributed by atoms with Gasteiger partial charge in [0.05, 0.1) is 0 Å². The fraction of sp³-hybridized carbons (Fsp3) is 0.286. The van der Waals surface area contributed by atoms with Crippen LogP contribution in [0.2, 0.25) is 0 Å². The van der Waals surface area contributed by atoms with Crippen LogP contribution >= 0.6 is 0 Å². The Morgan fingerprint density at radius 3 is 2.43 bits per heavy atom. The maximum absolute atomic E-state index is 11.9. The molecule has 0 atom stereocenters. The predicted octanol–water partition coefficient (Wildman–Crippen LogP) is 1.96. The van der Waals surface area contributed by atoms with Crippen molar-refractivity contribution >= 4 is 23.4 Å². The van der Waals surface area contributed by atoms with Crippen LogP contribution in [0.5, 0.6) is 5.75 Å². The standard InChI is InChI=1S/C21H23N3O4/c25-19(22-11-12-23-20(26)15-5-2-1-3-6-15)14-28-18-8-4-7-17(13-18)24-21(27)16-9-10-16/h1-8,13,16H,9-12,14H2,(H,22,25)(H,23,26)(H,24,27). The Morgan fingerprint density at radius 1 is 0.929 bits per heavy atom. The number of hydrogen-bond donors (Lipinski definition) is 3. The number of amides is 3. The number of carbonyl (C=O) groups is 3. The van der Waals surface area contributed by atoms with E-state index in [2.05, 4.69) is 16.0 Å². The zero-order valence-electron chi connectivity index (χ0n) is 15.4. The van der Waals surface area contributed by atoms with Crippen molar-refractivity contribution < 1.29 is 19.1 Å². The minimum absolute atomic E-state index is 0.0208. The van der Waals surface area contributed by atoms with Gasteiger partial charge in [0.1, 0.15) is 5.75 Å². The minimum Gasteiger partial charge on any atom is -0.484 e. The number of anilines is 1. The minimum atomic E-state index is -0.290. The van der Waals surface area contributed by atoms with E-state index in [0.717, 1.165) is 12.8 Å². The van der Waals surface area contributed by atoms with Gasteiger partial charge in [0.2, 0.25) is 5.91 Å². The second-order valence-electron chi connectivity index (χ2n) is 6.55. The monoisotopic (exact) mass is 381 g/mol. The molecule has 1 aliphatic rings. The van der Waals surface area contributed by atoms with Gasteiger partial charge in [-0.2, -0.15) is 0 Å². The van der Waals surface area contributed by atoms with E-state index >= 15 is 0 Å². The van der Waals surface area contributed by atoms with Crippen LogP contribution in [0.15, 0.2) is 54.6 Å². The zero-order chi connectivity index (χ0) is 19.8. The lowest BCUT2D eigenvalue weighted by atomic mass is 10.2. The summed E-state index contributed by atoms with van der Waals surface area (Å²) in [5.41, 5.74) is 1.23. The number of hydrogen-bond acceptors (Lipinski definition) is 4. The molecule has 28 heavy (non-hydrogen) atoms. The third-order valence-electron chi connectivity index (χ3n) is 4.19. The molecule has 1 saturated carbocycles. The number of ether oxygens (including phenoxy) is 1. The maximum atomic E-state index is 11.9. The number of rotatable bonds is 9. The van der Waals surface area contributed by atoms with Crippen molar-refractivity contribution in [2.24, 2.45) is 5.92 Å². The topological polar surface area (TPSA) is 96.5 Å². The molecule has 0 spiro atoms. The molecule has 0 aliphatic heterocycles. The summed E-state index contributed by atoms with van der Waals surface area (Å²) in [6.07, 6.45) is 1.88. The molecule has 7 heteroatoms. The average Bonchev–Trinajstić information content (AvgIpc) is 3.56. The fourth-order valence-electron chi connectivity index (χ4n) is 2.52. The van der Waals surface area contributed by atoms with Crippen LogP contribution in [0.4, 0.5) is 5.69 Å². The van der Waals surface area contributed by atoms with Gasteiger partial charge in [-0.15, -0.1) is 0 Å². The van der Waals surface area contributed by atoms with Crippen LogP contribution in [0.1, 0.15) is 23.2 Å². The van der Waals surface area contributed by atoms with Crippen molar-refractivity contribution in [3.8, 4) is 5.75 Å². The van der Waals surface area contributed by atoms with Crippen molar-refractivity contribution in [2.75, 3.05) is 25.0 Å². The molecule has 2 aromatic carbocycles. The van der Waals surface area contributed by atoms with Crippen LogP contribution in [0.3, 0.4) is 0 Å². The van der Waals surface area contributed by atoms with Crippen LogP contribution < -0.4 is 20.7 Å². The summed E-state index contributed by atoms with van der Waals surface area (Å²) in [6, 6.07) is 15.8. The van der Waals surface area contributed by atoms with Crippen LogP contribution in [0, 0.1) is 5.92 Å². The molecule has 0 radical (unpaired) electrons. The molecule has 0 saturated heterocycles. The fourth-order valence-corrected chi connectivity index (χ4v) is 2.52. The van der Waals surface area contributed by atoms with E-state index in [9.17, 15) is 14.4 Å². The zero-order valence-corrected chi connectivity index (χ0v) is 15.4. The Balaban J connectivity index is 1.34. The van der Waals surface area contributed by atoms with Crippen molar-refractivity contribution in [3.63, 3.8) is 0 Å². The molecule has 146 valence electrons. The maximum Gasteiger partial charge on any atom is 0.258 e. The van der Waals surface area contributed by atoms with Gasteiger partial charge in [0.15, 0.2) is 6.61 Å². The Hall–Kier alpha value is -3.35. The predicted molar refractivity (Wildman–Crippen MR) is 105 cm³/mol. The molecular weight excluding hydrogens is 358 g/mol. The summed E-state index contributed by atoms with van der Waals surface area (Å²) in [4.78, 5) is 35.5. The van der Waals surface area contributed by atoms with E-state index < -0.39 is 0 Å². The first-order chi connectivity index (χ1) is 13.6. The van der Waals surface area contributed by atoms with Crippen molar-refractivity contribution in [2.45, 2.75) is 12.8 Å². The first-order valence-electron chi connectivity index (χ1n) is 9.25. The van der Waals surface area contributed by atoms with Crippen molar-refractivity contribution in [3.05, 3.63) is 60.2 Å². The number of benzene rings is 2. The summed E-state index contributed by atoms with van der Waals surface area (Å²) in [5.74, 6) is 0.170. The van der Waals surface area contributed by atoms with Crippen LogP contribution in [0.25, 0.3) is 0 Å². The van der Waals surface area contributed by atoms with Gasteiger partial charge >= 0.3 is 0 Å². The third-order valence-corrected chi connectivity index (χ3v) is 4.19. The highest BCUT2D eigenvalue weighted by atomic mass is 16.5. The molecule has 3 rings (SSSR count). The lowest BCUT2D eigenvalue weighted by Gasteiger charge is -2.10. The van der Waals surface area contributed by atoms with Gasteiger partial charge in [-0.1, -0.05) is 24.3 Å². The van der Waals surface area contributed by atoms with Gasteiger partial charge in [0, 0.05) is 36.3 Å². The molecule has 0 bridgehead atoms. The van der Waals surface area contributed by atoms with Gasteiger partial charge in [-0.05, 0) is 37.1 Å². The molecule has 0 heterocycles. The van der Waals surface area contributed by atoms with Gasteiger partial charge in [0.25, 0.3) is 11.8 Å². The molecule has 2 aromatic rings. The Labute approximate surface area is 163 Å². The van der Waals surface area contributed by atoms with E-state index in [0.29, 0.717) is 30.1 Å². The molecule has 1 fully saturated rings. The number of carbonyl (C=O) groups excluding carboxylic acids is 3. The molecule has 0 aromatic heterocycles. The Morgan fingerprint density at radius 2 is 1.68 bits per heavy atom. The summed E-state index contributed by atoms with van der Waals surface area (Å²) in [7, 11) is 0. The highest BCUT2D eigenvalue weighted by Crippen LogP contribution is 2.30. The quantitative estimate of drug-likeness (QED) is 0.579. The summed E-state index contributed by atoms with van der Waals surface area (Å²) in [6.45, 7) is 0.479. The number of nitrogens with one attached hydrogen (secondary N) is 3. The molecule has 3 amide bonds.